The van der Waals surface area contributed by atoms with Crippen LogP contribution in [0.25, 0.3) is 11.1 Å². The Balaban J connectivity index is 1.04. The highest BCUT2D eigenvalue weighted by Crippen LogP contribution is 2.37. The zero-order chi connectivity index (χ0) is 38.5. The van der Waals surface area contributed by atoms with E-state index in [0.717, 1.165) is 22.7 Å². The fraction of sp³-hybridized carbons (Fsp3) is 0.231. The number of amides is 1. The number of anilines is 2. The van der Waals surface area contributed by atoms with E-state index >= 15 is 4.39 Å². The van der Waals surface area contributed by atoms with Gasteiger partial charge in [0.05, 0.1) is 16.7 Å². The molecule has 1 saturated heterocycles. The van der Waals surface area contributed by atoms with E-state index in [1.165, 1.54) is 42.2 Å². The molecule has 0 aliphatic carbocycles. The Bertz CT molecular complexity index is 2200. The highest BCUT2D eigenvalue weighted by atomic mass is 32.2. The number of nitrogens with one attached hydrogen (secondary N) is 2. The summed E-state index contributed by atoms with van der Waals surface area (Å²) in [6.07, 6.45) is -1.98. The smallest absolute Gasteiger partial charge is 0.418 e. The molecule has 54 heavy (non-hydrogen) atoms. The number of aromatic hydroxyl groups is 1. The van der Waals surface area contributed by atoms with Crippen LogP contribution in [0, 0.1) is 5.82 Å². The van der Waals surface area contributed by atoms with Gasteiger partial charge in [-0.15, -0.1) is 11.8 Å². The molecule has 1 aliphatic heterocycles. The molecule has 0 spiro atoms. The van der Waals surface area contributed by atoms with Gasteiger partial charge in [-0.25, -0.2) is 17.5 Å². The molecule has 0 saturated carbocycles. The number of rotatable bonds is 12. The van der Waals surface area contributed by atoms with Crippen LogP contribution in [0.1, 0.15) is 34.5 Å². The molecule has 2 heterocycles. The van der Waals surface area contributed by atoms with E-state index in [1.54, 1.807) is 30.5 Å². The van der Waals surface area contributed by atoms with Gasteiger partial charge in [0, 0.05) is 83.7 Å². The second-order valence-corrected chi connectivity index (χ2v) is 15.5. The van der Waals surface area contributed by atoms with Crippen molar-refractivity contribution in [1.82, 2.24) is 14.6 Å². The Morgan fingerprint density at radius 2 is 1.63 bits per heavy atom. The van der Waals surface area contributed by atoms with Gasteiger partial charge in [0.15, 0.2) is 0 Å². The van der Waals surface area contributed by atoms with Gasteiger partial charge in [0.2, 0.25) is 0 Å². The van der Waals surface area contributed by atoms with Crippen molar-refractivity contribution in [2.24, 2.45) is 0 Å². The van der Waals surface area contributed by atoms with Gasteiger partial charge < -0.3 is 15.3 Å². The maximum absolute atomic E-state index is 15.2. The van der Waals surface area contributed by atoms with Crippen LogP contribution in [0.3, 0.4) is 0 Å². The van der Waals surface area contributed by atoms with Gasteiger partial charge >= 0.3 is 6.18 Å². The van der Waals surface area contributed by atoms with E-state index < -0.39 is 32.6 Å². The number of halogens is 4. The van der Waals surface area contributed by atoms with Gasteiger partial charge in [-0.1, -0.05) is 30.3 Å². The number of pyridine rings is 1. The van der Waals surface area contributed by atoms with Crippen LogP contribution in [-0.2, 0) is 16.2 Å². The Labute approximate surface area is 315 Å². The summed E-state index contributed by atoms with van der Waals surface area (Å²) in [7, 11) is -4.64. The van der Waals surface area contributed by atoms with Crippen molar-refractivity contribution in [3.05, 3.63) is 132 Å². The first kappa shape index (κ1) is 38.6. The van der Waals surface area contributed by atoms with Gasteiger partial charge in [0.1, 0.15) is 11.6 Å². The lowest BCUT2D eigenvalue weighted by Crippen LogP contribution is -2.47. The number of carbonyl (C=O) groups excluding carboxylic acids is 1. The Morgan fingerprint density at radius 1 is 0.907 bits per heavy atom. The Kier molecular flexibility index (Phi) is 11.8. The minimum Gasteiger partial charge on any atom is -0.506 e. The minimum absolute atomic E-state index is 0.00417. The molecule has 1 fully saturated rings. The summed E-state index contributed by atoms with van der Waals surface area (Å²) in [6, 6.07) is 24.5. The van der Waals surface area contributed by atoms with E-state index in [2.05, 4.69) is 20.1 Å². The largest absolute Gasteiger partial charge is 0.506 e. The number of carbonyl (C=O) groups is 1. The molecule has 1 unspecified atom stereocenters. The summed E-state index contributed by atoms with van der Waals surface area (Å²) < 4.78 is 85.2. The van der Waals surface area contributed by atoms with Crippen molar-refractivity contribution >= 4 is 39.1 Å². The van der Waals surface area contributed by atoms with Crippen molar-refractivity contribution in [3.63, 3.8) is 0 Å². The molecule has 3 N–H and O–H groups in total. The lowest BCUT2D eigenvalue weighted by Gasteiger charge is -2.39. The number of hydrogen-bond acceptors (Lipinski definition) is 9. The number of nitrogens with zero attached hydrogens (tertiary/aromatic N) is 3. The van der Waals surface area contributed by atoms with Gasteiger partial charge in [-0.2, -0.15) is 13.2 Å². The normalized spacial score (nSPS) is 14.4. The van der Waals surface area contributed by atoms with Crippen molar-refractivity contribution in [2.75, 3.05) is 48.7 Å². The zero-order valence-electron chi connectivity index (χ0n) is 29.1. The highest BCUT2D eigenvalue weighted by molar-refractivity contribution is 7.99. The molecule has 282 valence electrons. The first-order chi connectivity index (χ1) is 25.8. The first-order valence-electron chi connectivity index (χ1n) is 17.0. The van der Waals surface area contributed by atoms with Crippen molar-refractivity contribution in [1.29, 1.82) is 0 Å². The fourth-order valence-electron chi connectivity index (χ4n) is 6.21. The predicted molar refractivity (Wildman–Crippen MR) is 202 cm³/mol. The van der Waals surface area contributed by atoms with Gasteiger partial charge in [-0.05, 0) is 79.2 Å². The maximum atomic E-state index is 15.2. The molecule has 0 radical (unpaired) electrons. The summed E-state index contributed by atoms with van der Waals surface area (Å²) in [5.41, 5.74) is 1.13. The second-order valence-electron chi connectivity index (χ2n) is 12.6. The topological polar surface area (TPSA) is 115 Å². The second kappa shape index (κ2) is 16.5. The van der Waals surface area contributed by atoms with Crippen molar-refractivity contribution in [3.8, 4) is 16.9 Å². The lowest BCUT2D eigenvalue weighted by molar-refractivity contribution is -0.137. The first-order valence-corrected chi connectivity index (χ1v) is 19.5. The van der Waals surface area contributed by atoms with Crippen molar-refractivity contribution < 1.29 is 35.9 Å². The fourth-order valence-corrected chi connectivity index (χ4v) is 8.00. The average molecular weight is 780 g/mol. The van der Waals surface area contributed by atoms with Crippen LogP contribution in [0.5, 0.6) is 5.75 Å². The third-order valence-electron chi connectivity index (χ3n) is 9.13. The Morgan fingerprint density at radius 3 is 2.30 bits per heavy atom. The molecule has 5 aromatic rings. The molecule has 1 amide bonds. The number of hydrogen-bond donors (Lipinski definition) is 3. The third-order valence-corrected chi connectivity index (χ3v) is 11.5. The summed E-state index contributed by atoms with van der Waals surface area (Å²) in [5.74, 6) is -0.872. The summed E-state index contributed by atoms with van der Waals surface area (Å²) >= 11 is 1.46. The van der Waals surface area contributed by atoms with Crippen LogP contribution >= 0.6 is 11.8 Å². The molecule has 4 aromatic carbocycles. The molecule has 6 rings (SSSR count). The van der Waals surface area contributed by atoms with Crippen molar-refractivity contribution in [2.45, 2.75) is 28.9 Å². The molecule has 9 nitrogen and oxygen atoms in total. The summed E-state index contributed by atoms with van der Waals surface area (Å²) in [6.45, 7) is 4.61. The van der Waals surface area contributed by atoms with E-state index in [-0.39, 0.29) is 35.4 Å². The molecule has 0 bridgehead atoms. The average Bonchev–Trinajstić information content (AvgIpc) is 3.16. The molecule has 15 heteroatoms. The Hall–Kier alpha value is -5.12. The SMILES string of the molecule is CC(c1ccc(-c2cncc(O)c2)cc1F)N1CCN(c2ccc(C(=O)NS(=O)(=O)c3ccc(NCCSc4ccccc4)c(C(F)(F)F)c3)cc2)CC1. The quantitative estimate of drug-likeness (QED) is 0.0663. The van der Waals surface area contributed by atoms with Crippen LogP contribution in [0.2, 0.25) is 0 Å². The van der Waals surface area contributed by atoms with Crippen LogP contribution in [-0.4, -0.2) is 67.8 Å². The number of alkyl halides is 3. The summed E-state index contributed by atoms with van der Waals surface area (Å²) in [4.78, 5) is 21.4. The van der Waals surface area contributed by atoms with Crippen LogP contribution in [0.15, 0.2) is 119 Å². The number of piperazine rings is 1. The molecule has 1 atom stereocenters. The van der Waals surface area contributed by atoms with E-state index in [4.69, 9.17) is 0 Å². The lowest BCUT2D eigenvalue weighted by atomic mass is 10.00. The van der Waals surface area contributed by atoms with Gasteiger partial charge in [-0.3, -0.25) is 14.7 Å². The number of thioether (sulfide) groups is 1. The zero-order valence-corrected chi connectivity index (χ0v) is 30.7. The molecule has 1 aliphatic rings. The highest BCUT2D eigenvalue weighted by Gasteiger charge is 2.35. The summed E-state index contributed by atoms with van der Waals surface area (Å²) in [5, 5.41) is 12.5. The van der Waals surface area contributed by atoms with E-state index in [1.807, 2.05) is 42.0 Å². The van der Waals surface area contributed by atoms with Crippen LogP contribution in [0.4, 0.5) is 28.9 Å². The number of benzene rings is 4. The molecular formula is C39H37F4N5O4S2. The monoisotopic (exact) mass is 779 g/mol. The van der Waals surface area contributed by atoms with Gasteiger partial charge in [0.25, 0.3) is 15.9 Å². The minimum atomic E-state index is -4.85. The van der Waals surface area contributed by atoms with E-state index in [9.17, 15) is 31.5 Å². The molecular weight excluding hydrogens is 743 g/mol. The van der Waals surface area contributed by atoms with E-state index in [0.29, 0.717) is 54.7 Å². The van der Waals surface area contributed by atoms with Crippen LogP contribution < -0.4 is 14.9 Å². The molecule has 1 aromatic heterocycles. The number of sulfonamides is 1. The predicted octanol–water partition coefficient (Wildman–Crippen LogP) is 7.82. The maximum Gasteiger partial charge on any atom is 0.418 e. The number of aromatic nitrogens is 1. The standard InChI is InChI=1S/C39H37F4N5O4S2/c1-26(34-13-9-28(22-36(34)40)29-21-31(49)25-44-24-29)47-16-18-48(19-17-47)30-10-7-27(8-11-30)38(50)46-54(51,52)33-12-14-37(35(23-33)39(41,42)43)45-15-20-53-32-5-3-2-4-6-32/h2-14,21-26,45,49H,15-20H2,1H3,(H,46,50). The third kappa shape index (κ3) is 9.32.